The molecule has 25 heavy (non-hydrogen) atoms. The van der Waals surface area contributed by atoms with Crippen LogP contribution in [0.25, 0.3) is 27.4 Å². The van der Waals surface area contributed by atoms with Crippen molar-refractivity contribution < 1.29 is 9.84 Å². The molecule has 1 atom stereocenters. The molecule has 4 aromatic rings. The Labute approximate surface area is 145 Å². The van der Waals surface area contributed by atoms with Crippen LogP contribution in [0.4, 0.5) is 0 Å². The fraction of sp³-hybridized carbons (Fsp3) is 0.0909. The number of H-pyrrole nitrogens is 1. The molecule has 2 N–H and O–H groups in total. The molecule has 0 radical (unpaired) electrons. The first-order valence-electron chi connectivity index (χ1n) is 8.37. The minimum Gasteiger partial charge on any atom is -0.508 e. The second kappa shape index (κ2) is 5.15. The van der Waals surface area contributed by atoms with Crippen LogP contribution in [0.1, 0.15) is 17.0 Å². The molecule has 3 nitrogen and oxygen atoms in total. The van der Waals surface area contributed by atoms with E-state index >= 15 is 0 Å². The maximum atomic E-state index is 10.3. The second-order valence-corrected chi connectivity index (χ2v) is 6.48. The van der Waals surface area contributed by atoms with Crippen molar-refractivity contribution >= 4 is 27.4 Å². The summed E-state index contributed by atoms with van der Waals surface area (Å²) in [5, 5.41) is 12.6. The van der Waals surface area contributed by atoms with Crippen molar-refractivity contribution in [2.75, 3.05) is 6.61 Å². The molecule has 1 aliphatic heterocycles. The van der Waals surface area contributed by atoms with Crippen molar-refractivity contribution in [2.24, 2.45) is 0 Å². The van der Waals surface area contributed by atoms with Gasteiger partial charge < -0.3 is 14.8 Å². The van der Waals surface area contributed by atoms with Gasteiger partial charge in [-0.1, -0.05) is 43.0 Å². The van der Waals surface area contributed by atoms with Gasteiger partial charge in [0.15, 0.2) is 0 Å². The van der Waals surface area contributed by atoms with Gasteiger partial charge in [-0.3, -0.25) is 0 Å². The molecule has 5 rings (SSSR count). The van der Waals surface area contributed by atoms with Gasteiger partial charge in [-0.15, -0.1) is 0 Å². The third kappa shape index (κ3) is 1.99. The lowest BCUT2D eigenvalue weighted by molar-refractivity contribution is 0.295. The number of aromatic hydroxyl groups is 1. The van der Waals surface area contributed by atoms with Crippen LogP contribution >= 0.6 is 0 Å². The monoisotopic (exact) mass is 327 g/mol. The number of benzene rings is 3. The average Bonchev–Trinajstić information content (AvgIpc) is 3.01. The van der Waals surface area contributed by atoms with Crippen LogP contribution in [0.5, 0.6) is 11.5 Å². The number of para-hydroxylation sites is 2. The summed E-state index contributed by atoms with van der Waals surface area (Å²) in [6, 6.07) is 19.8. The van der Waals surface area contributed by atoms with Crippen molar-refractivity contribution in [1.29, 1.82) is 0 Å². The zero-order valence-corrected chi connectivity index (χ0v) is 13.6. The van der Waals surface area contributed by atoms with Crippen molar-refractivity contribution in [3.63, 3.8) is 0 Å². The van der Waals surface area contributed by atoms with E-state index in [4.69, 9.17) is 4.74 Å². The van der Waals surface area contributed by atoms with Gasteiger partial charge in [0, 0.05) is 33.3 Å². The van der Waals surface area contributed by atoms with Gasteiger partial charge >= 0.3 is 0 Å². The van der Waals surface area contributed by atoms with Crippen molar-refractivity contribution in [3.05, 3.63) is 78.4 Å². The highest BCUT2D eigenvalue weighted by molar-refractivity contribution is 6.11. The van der Waals surface area contributed by atoms with Crippen LogP contribution in [-0.2, 0) is 0 Å². The Hall–Kier alpha value is -3.20. The normalized spacial score (nSPS) is 16.8. The molecule has 1 unspecified atom stereocenters. The molecule has 0 aliphatic carbocycles. The predicted molar refractivity (Wildman–Crippen MR) is 101 cm³/mol. The largest absolute Gasteiger partial charge is 0.508 e. The fourth-order valence-corrected chi connectivity index (χ4v) is 3.85. The minimum absolute atomic E-state index is 0.0642. The third-order valence-corrected chi connectivity index (χ3v) is 5.10. The zero-order valence-electron chi connectivity index (χ0n) is 13.6. The number of hydrogen-bond donors (Lipinski definition) is 2. The Morgan fingerprint density at radius 2 is 1.76 bits per heavy atom. The SMILES string of the molecule is C=C1c2c(ccc3c2[nH]c2ccccc23)OCC1c1ccccc1O. The van der Waals surface area contributed by atoms with Gasteiger partial charge in [0.05, 0.1) is 12.1 Å². The fourth-order valence-electron chi connectivity index (χ4n) is 3.85. The smallest absolute Gasteiger partial charge is 0.128 e. The Kier molecular flexibility index (Phi) is 2.92. The number of aromatic nitrogens is 1. The number of phenols is 1. The molecule has 2 heterocycles. The van der Waals surface area contributed by atoms with Crippen LogP contribution in [0.15, 0.2) is 67.2 Å². The van der Waals surface area contributed by atoms with Crippen LogP contribution in [0, 0.1) is 0 Å². The Bertz CT molecular complexity index is 1140. The summed E-state index contributed by atoms with van der Waals surface area (Å²) in [6.07, 6.45) is 0. The van der Waals surface area contributed by atoms with Crippen molar-refractivity contribution in [2.45, 2.75) is 5.92 Å². The minimum atomic E-state index is -0.0642. The number of rotatable bonds is 1. The molecule has 1 aromatic heterocycles. The predicted octanol–water partition coefficient (Wildman–Crippen LogP) is 5.22. The lowest BCUT2D eigenvalue weighted by atomic mass is 9.85. The summed E-state index contributed by atoms with van der Waals surface area (Å²) in [4.78, 5) is 3.52. The van der Waals surface area contributed by atoms with E-state index in [0.29, 0.717) is 6.61 Å². The van der Waals surface area contributed by atoms with E-state index in [1.165, 1.54) is 5.39 Å². The quantitative estimate of drug-likeness (QED) is 0.504. The Balaban J connectivity index is 1.75. The number of aromatic amines is 1. The molecular weight excluding hydrogens is 310 g/mol. The summed E-state index contributed by atoms with van der Waals surface area (Å²) in [5.74, 6) is 1.06. The van der Waals surface area contributed by atoms with Crippen molar-refractivity contribution in [1.82, 2.24) is 4.98 Å². The van der Waals surface area contributed by atoms with E-state index in [1.807, 2.05) is 36.4 Å². The molecule has 0 spiro atoms. The number of phenolic OH excluding ortho intramolecular Hbond substituents is 1. The van der Waals surface area contributed by atoms with Crippen LogP contribution in [-0.4, -0.2) is 16.7 Å². The molecule has 0 fully saturated rings. The first kappa shape index (κ1) is 14.2. The average molecular weight is 327 g/mol. The molecule has 0 saturated heterocycles. The van der Waals surface area contributed by atoms with Gasteiger partial charge in [0.2, 0.25) is 0 Å². The molecule has 0 amide bonds. The number of fused-ring (bicyclic) bond motifs is 5. The first-order chi connectivity index (χ1) is 12.2. The van der Waals surface area contributed by atoms with Crippen LogP contribution < -0.4 is 4.74 Å². The van der Waals surface area contributed by atoms with E-state index < -0.39 is 0 Å². The van der Waals surface area contributed by atoms with Crippen LogP contribution in [0.2, 0.25) is 0 Å². The summed E-state index contributed by atoms with van der Waals surface area (Å²) >= 11 is 0. The summed E-state index contributed by atoms with van der Waals surface area (Å²) in [6.45, 7) is 4.84. The van der Waals surface area contributed by atoms with Crippen LogP contribution in [0.3, 0.4) is 0 Å². The lowest BCUT2D eigenvalue weighted by Gasteiger charge is -2.28. The van der Waals surface area contributed by atoms with Crippen molar-refractivity contribution in [3.8, 4) is 11.5 Å². The highest BCUT2D eigenvalue weighted by Crippen LogP contribution is 2.46. The molecular formula is C22H17NO2. The molecule has 122 valence electrons. The first-order valence-corrected chi connectivity index (χ1v) is 8.37. The Morgan fingerprint density at radius 3 is 2.64 bits per heavy atom. The molecule has 1 aliphatic rings. The highest BCUT2D eigenvalue weighted by atomic mass is 16.5. The molecule has 3 aromatic carbocycles. The van der Waals surface area contributed by atoms with Gasteiger partial charge in [-0.25, -0.2) is 0 Å². The zero-order chi connectivity index (χ0) is 17.0. The van der Waals surface area contributed by atoms with E-state index in [-0.39, 0.29) is 11.7 Å². The van der Waals surface area contributed by atoms with Gasteiger partial charge in [0.1, 0.15) is 11.5 Å². The summed E-state index contributed by atoms with van der Waals surface area (Å²) in [7, 11) is 0. The number of nitrogens with one attached hydrogen (secondary N) is 1. The Morgan fingerprint density at radius 1 is 0.960 bits per heavy atom. The second-order valence-electron chi connectivity index (χ2n) is 6.48. The van der Waals surface area contributed by atoms with E-state index in [9.17, 15) is 5.11 Å². The van der Waals surface area contributed by atoms with E-state index in [0.717, 1.165) is 38.9 Å². The van der Waals surface area contributed by atoms with E-state index in [1.54, 1.807) is 6.07 Å². The topological polar surface area (TPSA) is 45.2 Å². The summed E-state index contributed by atoms with van der Waals surface area (Å²) in [5.41, 5.74) is 4.98. The van der Waals surface area contributed by atoms with Gasteiger partial charge in [0.25, 0.3) is 0 Å². The maximum Gasteiger partial charge on any atom is 0.128 e. The number of hydrogen-bond acceptors (Lipinski definition) is 2. The molecule has 0 bridgehead atoms. The molecule has 0 saturated carbocycles. The number of ether oxygens (including phenoxy) is 1. The highest BCUT2D eigenvalue weighted by Gasteiger charge is 2.29. The van der Waals surface area contributed by atoms with Gasteiger partial charge in [-0.05, 0) is 29.8 Å². The third-order valence-electron chi connectivity index (χ3n) is 5.10. The van der Waals surface area contributed by atoms with Gasteiger partial charge in [-0.2, -0.15) is 0 Å². The van der Waals surface area contributed by atoms with E-state index in [2.05, 4.69) is 29.8 Å². The molecule has 3 heteroatoms. The standard InChI is InChI=1S/C22H17NO2/c1-13-17(15-7-3-5-9-19(15)24)12-25-20-11-10-16-14-6-2-4-8-18(14)23-22(16)21(13)20/h2-11,17,23-24H,1,12H2. The lowest BCUT2D eigenvalue weighted by Crippen LogP contribution is -2.18. The maximum absolute atomic E-state index is 10.3. The summed E-state index contributed by atoms with van der Waals surface area (Å²) < 4.78 is 6.03.